The van der Waals surface area contributed by atoms with E-state index in [-0.39, 0.29) is 0 Å². The fraction of sp³-hybridized carbons (Fsp3) is 0.600. The van der Waals surface area contributed by atoms with E-state index in [9.17, 15) is 0 Å². The van der Waals surface area contributed by atoms with Gasteiger partial charge >= 0.3 is 0 Å². The van der Waals surface area contributed by atoms with E-state index < -0.39 is 5.91 Å². The van der Waals surface area contributed by atoms with Crippen molar-refractivity contribution >= 4 is 0 Å². The van der Waals surface area contributed by atoms with Crippen molar-refractivity contribution in [2.24, 2.45) is 0 Å². The molecule has 2 saturated heterocycles. The SMILES string of the molecule is c1ccc(CC2(N3CCCCC3)OCCO2)cc1. The first-order valence-electron chi connectivity index (χ1n) is 6.96. The highest BCUT2D eigenvalue weighted by Crippen LogP contribution is 2.31. The molecule has 18 heavy (non-hydrogen) atoms. The zero-order valence-corrected chi connectivity index (χ0v) is 10.8. The van der Waals surface area contributed by atoms with Gasteiger partial charge in [-0.15, -0.1) is 0 Å². The molecule has 3 rings (SSSR count). The topological polar surface area (TPSA) is 21.7 Å². The molecular formula is C15H21NO2. The van der Waals surface area contributed by atoms with Gasteiger partial charge in [0.25, 0.3) is 0 Å². The predicted molar refractivity (Wildman–Crippen MR) is 70.2 cm³/mol. The molecule has 0 aromatic heterocycles. The van der Waals surface area contributed by atoms with Crippen molar-refractivity contribution < 1.29 is 9.47 Å². The maximum absolute atomic E-state index is 5.99. The molecule has 0 N–H and O–H groups in total. The molecule has 0 amide bonds. The lowest BCUT2D eigenvalue weighted by Crippen LogP contribution is -2.53. The summed E-state index contributed by atoms with van der Waals surface area (Å²) < 4.78 is 12.0. The van der Waals surface area contributed by atoms with Gasteiger partial charge in [-0.2, -0.15) is 0 Å². The summed E-state index contributed by atoms with van der Waals surface area (Å²) in [5, 5.41) is 0. The zero-order valence-electron chi connectivity index (χ0n) is 10.8. The maximum Gasteiger partial charge on any atom is 0.234 e. The Bertz CT molecular complexity index is 367. The summed E-state index contributed by atoms with van der Waals surface area (Å²) in [7, 11) is 0. The molecule has 2 fully saturated rings. The number of likely N-dealkylation sites (tertiary alicyclic amines) is 1. The molecule has 2 aliphatic heterocycles. The molecule has 2 heterocycles. The van der Waals surface area contributed by atoms with Crippen LogP contribution in [0.4, 0.5) is 0 Å². The van der Waals surface area contributed by atoms with E-state index in [0.29, 0.717) is 13.2 Å². The van der Waals surface area contributed by atoms with E-state index in [1.54, 1.807) is 0 Å². The molecule has 98 valence electrons. The molecular weight excluding hydrogens is 226 g/mol. The third kappa shape index (κ3) is 2.44. The van der Waals surface area contributed by atoms with Crippen molar-refractivity contribution in [1.82, 2.24) is 4.90 Å². The van der Waals surface area contributed by atoms with Crippen molar-refractivity contribution in [2.75, 3.05) is 26.3 Å². The second-order valence-electron chi connectivity index (χ2n) is 5.12. The Morgan fingerprint density at radius 1 is 0.944 bits per heavy atom. The van der Waals surface area contributed by atoms with E-state index in [0.717, 1.165) is 19.5 Å². The van der Waals surface area contributed by atoms with E-state index in [2.05, 4.69) is 29.2 Å². The molecule has 0 saturated carbocycles. The Morgan fingerprint density at radius 2 is 1.61 bits per heavy atom. The van der Waals surface area contributed by atoms with Crippen molar-refractivity contribution in [3.63, 3.8) is 0 Å². The van der Waals surface area contributed by atoms with Gasteiger partial charge in [0.2, 0.25) is 5.91 Å². The lowest BCUT2D eigenvalue weighted by molar-refractivity contribution is -0.261. The number of ether oxygens (including phenoxy) is 2. The van der Waals surface area contributed by atoms with Crippen LogP contribution in [0.3, 0.4) is 0 Å². The first-order chi connectivity index (χ1) is 8.89. The first-order valence-corrected chi connectivity index (χ1v) is 6.96. The van der Waals surface area contributed by atoms with Crippen molar-refractivity contribution in [3.05, 3.63) is 35.9 Å². The Labute approximate surface area is 109 Å². The Morgan fingerprint density at radius 3 is 2.28 bits per heavy atom. The number of hydrogen-bond acceptors (Lipinski definition) is 3. The maximum atomic E-state index is 5.99. The van der Waals surface area contributed by atoms with Crippen molar-refractivity contribution in [2.45, 2.75) is 31.6 Å². The predicted octanol–water partition coefficient (Wildman–Crippen LogP) is 2.42. The van der Waals surface area contributed by atoms with E-state index in [1.807, 2.05) is 6.07 Å². The summed E-state index contributed by atoms with van der Waals surface area (Å²) in [5.74, 6) is -0.498. The van der Waals surface area contributed by atoms with Crippen LogP contribution in [0.25, 0.3) is 0 Å². The monoisotopic (exact) mass is 247 g/mol. The molecule has 0 aliphatic carbocycles. The summed E-state index contributed by atoms with van der Waals surface area (Å²) in [6.07, 6.45) is 4.66. The van der Waals surface area contributed by atoms with Crippen LogP contribution < -0.4 is 0 Å². The van der Waals surface area contributed by atoms with E-state index in [1.165, 1.54) is 24.8 Å². The highest BCUT2D eigenvalue weighted by molar-refractivity contribution is 5.16. The highest BCUT2D eigenvalue weighted by atomic mass is 16.8. The third-order valence-electron chi connectivity index (χ3n) is 3.85. The Kier molecular flexibility index (Phi) is 3.64. The van der Waals surface area contributed by atoms with Crippen LogP contribution >= 0.6 is 0 Å². The van der Waals surface area contributed by atoms with Crippen LogP contribution in [0.15, 0.2) is 30.3 Å². The lowest BCUT2D eigenvalue weighted by atomic mass is 10.1. The second kappa shape index (κ2) is 5.39. The first kappa shape index (κ1) is 12.2. The van der Waals surface area contributed by atoms with Gasteiger partial charge in [-0.1, -0.05) is 36.8 Å². The molecule has 2 aliphatic rings. The smallest absolute Gasteiger partial charge is 0.234 e. The average molecular weight is 247 g/mol. The molecule has 0 unspecified atom stereocenters. The number of benzene rings is 1. The summed E-state index contributed by atoms with van der Waals surface area (Å²) in [5.41, 5.74) is 1.28. The molecule has 3 nitrogen and oxygen atoms in total. The minimum Gasteiger partial charge on any atom is -0.335 e. The van der Waals surface area contributed by atoms with Crippen LogP contribution in [0.2, 0.25) is 0 Å². The lowest BCUT2D eigenvalue weighted by Gasteiger charge is -2.41. The summed E-state index contributed by atoms with van der Waals surface area (Å²) in [4.78, 5) is 2.39. The van der Waals surface area contributed by atoms with Crippen molar-refractivity contribution in [3.8, 4) is 0 Å². The van der Waals surface area contributed by atoms with Gasteiger partial charge in [0, 0.05) is 19.5 Å². The number of nitrogens with zero attached hydrogens (tertiary/aromatic N) is 1. The van der Waals surface area contributed by atoms with Crippen LogP contribution in [0, 0.1) is 0 Å². The summed E-state index contributed by atoms with van der Waals surface area (Å²) >= 11 is 0. The fourth-order valence-electron chi connectivity index (χ4n) is 2.93. The standard InChI is InChI=1S/C15H21NO2/c1-3-7-14(8-4-1)13-15(17-11-12-18-15)16-9-5-2-6-10-16/h1,3-4,7-8H,2,5-6,9-13H2. The molecule has 3 heteroatoms. The van der Waals surface area contributed by atoms with Gasteiger partial charge in [0.1, 0.15) is 0 Å². The molecule has 0 bridgehead atoms. The van der Waals surface area contributed by atoms with Crippen LogP contribution in [-0.4, -0.2) is 37.1 Å². The summed E-state index contributed by atoms with van der Waals surface area (Å²) in [6, 6.07) is 10.5. The molecule has 0 atom stereocenters. The second-order valence-corrected chi connectivity index (χ2v) is 5.12. The minimum absolute atomic E-state index is 0.498. The van der Waals surface area contributed by atoms with Crippen molar-refractivity contribution in [1.29, 1.82) is 0 Å². The zero-order chi connectivity index (χ0) is 12.3. The average Bonchev–Trinajstić information content (AvgIpc) is 2.91. The van der Waals surface area contributed by atoms with Crippen LogP contribution in [0.5, 0.6) is 0 Å². The Hall–Kier alpha value is -0.900. The number of rotatable bonds is 3. The van der Waals surface area contributed by atoms with Gasteiger partial charge in [0.05, 0.1) is 13.2 Å². The normalized spacial score (nSPS) is 24.2. The summed E-state index contributed by atoms with van der Waals surface area (Å²) in [6.45, 7) is 3.60. The number of hydrogen-bond donors (Lipinski definition) is 0. The van der Waals surface area contributed by atoms with E-state index in [4.69, 9.17) is 9.47 Å². The Balaban J connectivity index is 1.78. The van der Waals surface area contributed by atoms with Gasteiger partial charge in [-0.3, -0.25) is 4.90 Å². The van der Waals surface area contributed by atoms with Crippen LogP contribution in [0.1, 0.15) is 24.8 Å². The molecule has 1 aromatic carbocycles. The quantitative estimate of drug-likeness (QED) is 0.818. The molecule has 0 spiro atoms. The van der Waals surface area contributed by atoms with E-state index >= 15 is 0 Å². The number of piperidine rings is 1. The molecule has 1 aromatic rings. The minimum atomic E-state index is -0.498. The van der Waals surface area contributed by atoms with Gasteiger partial charge in [-0.05, 0) is 18.4 Å². The van der Waals surface area contributed by atoms with Gasteiger partial charge in [-0.25, -0.2) is 0 Å². The van der Waals surface area contributed by atoms with Gasteiger partial charge in [0.15, 0.2) is 0 Å². The van der Waals surface area contributed by atoms with Crippen LogP contribution in [-0.2, 0) is 15.9 Å². The highest BCUT2D eigenvalue weighted by Gasteiger charge is 2.43. The largest absolute Gasteiger partial charge is 0.335 e. The third-order valence-corrected chi connectivity index (χ3v) is 3.85. The van der Waals surface area contributed by atoms with Gasteiger partial charge < -0.3 is 9.47 Å². The fourth-order valence-corrected chi connectivity index (χ4v) is 2.93. The molecule has 0 radical (unpaired) electrons.